The Morgan fingerprint density at radius 3 is 2.84 bits per heavy atom. The minimum Gasteiger partial charge on any atom is -0.478 e. The third-order valence-electron chi connectivity index (χ3n) is 5.86. The number of amides is 1. The molecule has 31 heavy (non-hydrogen) atoms. The fourth-order valence-corrected chi connectivity index (χ4v) is 4.33. The van der Waals surface area contributed by atoms with Crippen LogP contribution in [-0.2, 0) is 4.79 Å². The van der Waals surface area contributed by atoms with Gasteiger partial charge >= 0.3 is 5.97 Å². The molecule has 0 spiro atoms. The van der Waals surface area contributed by atoms with Crippen LogP contribution in [0, 0.1) is 5.82 Å². The Hall–Kier alpha value is -3.43. The average molecular weight is 428 g/mol. The fourth-order valence-electron chi connectivity index (χ4n) is 4.33. The van der Waals surface area contributed by atoms with Crippen LogP contribution in [0.3, 0.4) is 0 Å². The van der Waals surface area contributed by atoms with Crippen molar-refractivity contribution in [2.75, 3.05) is 35.6 Å². The standard InChI is InChI=1S/C21H25FN6O3/c22-17-18(23)24-12-25-19(17)27-8-2-6-15(11-27)28-9-3-7-16(20(28)29)26-14-5-1-4-13(10-14)21(30)31/h1,4-5,10,12,15-16,26H,2-3,6-9,11H2,(H,30,31)(H2,23,24,25). The van der Waals surface area contributed by atoms with Crippen molar-refractivity contribution in [3.63, 3.8) is 0 Å². The zero-order valence-corrected chi connectivity index (χ0v) is 17.0. The zero-order chi connectivity index (χ0) is 22.0. The van der Waals surface area contributed by atoms with Crippen LogP contribution in [-0.4, -0.2) is 63.6 Å². The Morgan fingerprint density at radius 1 is 1.23 bits per heavy atom. The molecule has 2 aromatic rings. The van der Waals surface area contributed by atoms with E-state index in [2.05, 4.69) is 15.3 Å². The van der Waals surface area contributed by atoms with E-state index in [9.17, 15) is 19.1 Å². The summed E-state index contributed by atoms with van der Waals surface area (Å²) in [4.78, 5) is 35.8. The Morgan fingerprint density at radius 2 is 2.03 bits per heavy atom. The molecule has 4 N–H and O–H groups in total. The van der Waals surface area contributed by atoms with Gasteiger partial charge in [-0.1, -0.05) is 6.07 Å². The molecule has 3 heterocycles. The summed E-state index contributed by atoms with van der Waals surface area (Å²) in [5, 5.41) is 12.4. The summed E-state index contributed by atoms with van der Waals surface area (Å²) in [5.41, 5.74) is 6.35. The van der Waals surface area contributed by atoms with Gasteiger partial charge in [-0.15, -0.1) is 0 Å². The van der Waals surface area contributed by atoms with Gasteiger partial charge in [-0.2, -0.15) is 4.39 Å². The van der Waals surface area contributed by atoms with Gasteiger partial charge in [-0.3, -0.25) is 4.79 Å². The first-order chi connectivity index (χ1) is 14.9. The molecular weight excluding hydrogens is 403 g/mol. The number of carboxylic acid groups (broad SMARTS) is 1. The predicted molar refractivity (Wildman–Crippen MR) is 113 cm³/mol. The Kier molecular flexibility index (Phi) is 5.88. The van der Waals surface area contributed by atoms with Gasteiger partial charge in [-0.05, 0) is 43.9 Å². The number of piperidine rings is 2. The van der Waals surface area contributed by atoms with E-state index in [1.165, 1.54) is 18.5 Å². The highest BCUT2D eigenvalue weighted by Crippen LogP contribution is 2.27. The smallest absolute Gasteiger partial charge is 0.335 e. The summed E-state index contributed by atoms with van der Waals surface area (Å²) in [6, 6.07) is 5.95. The number of aromatic carboxylic acids is 1. The molecule has 10 heteroatoms. The van der Waals surface area contributed by atoms with E-state index < -0.39 is 17.8 Å². The fraction of sp³-hybridized carbons (Fsp3) is 0.429. The molecule has 2 saturated heterocycles. The first-order valence-electron chi connectivity index (χ1n) is 10.4. The van der Waals surface area contributed by atoms with Crippen molar-refractivity contribution in [3.8, 4) is 0 Å². The number of rotatable bonds is 5. The minimum atomic E-state index is -1.01. The van der Waals surface area contributed by atoms with E-state index in [1.807, 2.05) is 9.80 Å². The van der Waals surface area contributed by atoms with Crippen LogP contribution in [0.1, 0.15) is 36.0 Å². The number of nitrogens with zero attached hydrogens (tertiary/aromatic N) is 4. The molecule has 2 unspecified atom stereocenters. The van der Waals surface area contributed by atoms with E-state index in [0.29, 0.717) is 31.7 Å². The van der Waals surface area contributed by atoms with Gasteiger partial charge in [0, 0.05) is 31.4 Å². The van der Waals surface area contributed by atoms with Crippen molar-refractivity contribution in [2.24, 2.45) is 0 Å². The Balaban J connectivity index is 1.47. The molecule has 0 radical (unpaired) electrons. The molecular formula is C21H25FN6O3. The summed E-state index contributed by atoms with van der Waals surface area (Å²) in [6.45, 7) is 1.75. The highest BCUT2D eigenvalue weighted by molar-refractivity contribution is 5.90. The van der Waals surface area contributed by atoms with E-state index in [-0.39, 0.29) is 29.1 Å². The molecule has 0 aliphatic carbocycles. The van der Waals surface area contributed by atoms with E-state index in [4.69, 9.17) is 5.73 Å². The van der Waals surface area contributed by atoms with Crippen LogP contribution >= 0.6 is 0 Å². The van der Waals surface area contributed by atoms with E-state index >= 15 is 0 Å². The molecule has 0 bridgehead atoms. The number of aromatic nitrogens is 2. The maximum atomic E-state index is 14.4. The lowest BCUT2D eigenvalue weighted by atomic mass is 9.97. The molecule has 2 aliphatic rings. The summed E-state index contributed by atoms with van der Waals surface area (Å²) < 4.78 is 14.4. The summed E-state index contributed by atoms with van der Waals surface area (Å²) in [7, 11) is 0. The number of halogens is 1. The quantitative estimate of drug-likeness (QED) is 0.660. The zero-order valence-electron chi connectivity index (χ0n) is 17.0. The molecule has 4 rings (SSSR count). The van der Waals surface area contributed by atoms with Gasteiger partial charge in [0.1, 0.15) is 12.4 Å². The van der Waals surface area contributed by atoms with Gasteiger partial charge in [0.2, 0.25) is 11.7 Å². The molecule has 2 fully saturated rings. The number of likely N-dealkylation sites (tertiary alicyclic amines) is 1. The number of hydrogen-bond donors (Lipinski definition) is 3. The molecule has 2 aliphatic heterocycles. The topological polar surface area (TPSA) is 125 Å². The lowest BCUT2D eigenvalue weighted by molar-refractivity contribution is -0.137. The monoisotopic (exact) mass is 428 g/mol. The summed E-state index contributed by atoms with van der Waals surface area (Å²) in [6.07, 6.45) is 4.37. The maximum Gasteiger partial charge on any atom is 0.335 e. The molecule has 9 nitrogen and oxygen atoms in total. The van der Waals surface area contributed by atoms with Crippen molar-refractivity contribution >= 4 is 29.2 Å². The highest BCUT2D eigenvalue weighted by atomic mass is 19.1. The van der Waals surface area contributed by atoms with Gasteiger partial charge in [0.25, 0.3) is 0 Å². The highest BCUT2D eigenvalue weighted by Gasteiger charge is 2.36. The van der Waals surface area contributed by atoms with Crippen LogP contribution in [0.25, 0.3) is 0 Å². The average Bonchev–Trinajstić information content (AvgIpc) is 2.77. The number of nitrogens with two attached hydrogens (primary N) is 1. The van der Waals surface area contributed by atoms with Crippen molar-refractivity contribution in [1.29, 1.82) is 0 Å². The molecule has 1 aromatic heterocycles. The lowest BCUT2D eigenvalue weighted by Gasteiger charge is -2.43. The molecule has 164 valence electrons. The van der Waals surface area contributed by atoms with Crippen molar-refractivity contribution in [3.05, 3.63) is 42.0 Å². The second kappa shape index (κ2) is 8.75. The third-order valence-corrected chi connectivity index (χ3v) is 5.86. The molecule has 0 saturated carbocycles. The first-order valence-corrected chi connectivity index (χ1v) is 10.4. The van der Waals surface area contributed by atoms with Gasteiger partial charge < -0.3 is 26.0 Å². The summed E-state index contributed by atoms with van der Waals surface area (Å²) >= 11 is 0. The first kappa shape index (κ1) is 20.8. The van der Waals surface area contributed by atoms with Crippen molar-refractivity contribution < 1.29 is 19.1 Å². The van der Waals surface area contributed by atoms with Crippen LogP contribution in [0.15, 0.2) is 30.6 Å². The van der Waals surface area contributed by atoms with E-state index in [0.717, 1.165) is 19.3 Å². The maximum absolute atomic E-state index is 14.4. The molecule has 1 amide bonds. The number of benzene rings is 1. The minimum absolute atomic E-state index is 0.0264. The van der Waals surface area contributed by atoms with Gasteiger partial charge in [-0.25, -0.2) is 14.8 Å². The number of anilines is 3. The number of nitrogen functional groups attached to an aromatic ring is 1. The normalized spacial score (nSPS) is 21.8. The second-order valence-corrected chi connectivity index (χ2v) is 7.90. The van der Waals surface area contributed by atoms with Crippen LogP contribution in [0.5, 0.6) is 0 Å². The Labute approximate surface area is 179 Å². The number of carboxylic acids is 1. The van der Waals surface area contributed by atoms with Crippen molar-refractivity contribution in [2.45, 2.75) is 37.8 Å². The third kappa shape index (κ3) is 4.37. The van der Waals surface area contributed by atoms with Gasteiger partial charge in [0.15, 0.2) is 11.6 Å². The molecule has 2 atom stereocenters. The summed E-state index contributed by atoms with van der Waals surface area (Å²) in [5.74, 6) is -1.69. The molecule has 1 aromatic carbocycles. The van der Waals surface area contributed by atoms with Crippen LogP contribution < -0.4 is 16.0 Å². The number of hydrogen-bond acceptors (Lipinski definition) is 7. The number of carbonyl (C=O) groups excluding carboxylic acids is 1. The van der Waals surface area contributed by atoms with E-state index in [1.54, 1.807) is 12.1 Å². The SMILES string of the molecule is Nc1ncnc(N2CCCC(N3CCCC(Nc4cccc(C(=O)O)c4)C3=O)C2)c1F. The van der Waals surface area contributed by atoms with Crippen molar-refractivity contribution in [1.82, 2.24) is 14.9 Å². The second-order valence-electron chi connectivity index (χ2n) is 7.90. The van der Waals surface area contributed by atoms with Crippen LogP contribution in [0.2, 0.25) is 0 Å². The lowest BCUT2D eigenvalue weighted by Crippen LogP contribution is -2.56. The Bertz CT molecular complexity index is 987. The van der Waals surface area contributed by atoms with Gasteiger partial charge in [0.05, 0.1) is 5.56 Å². The largest absolute Gasteiger partial charge is 0.478 e. The number of nitrogens with one attached hydrogen (secondary N) is 1. The van der Waals surface area contributed by atoms with Crippen LogP contribution in [0.4, 0.5) is 21.7 Å². The predicted octanol–water partition coefficient (Wildman–Crippen LogP) is 1.97. The number of carbonyl (C=O) groups is 2.